The Morgan fingerprint density at radius 3 is 2.84 bits per heavy atom. The number of hydrogen-bond acceptors (Lipinski definition) is 4. The normalized spacial score (nSPS) is 10.7. The van der Waals surface area contributed by atoms with Crippen molar-refractivity contribution in [3.63, 3.8) is 0 Å². The number of rotatable bonds is 4. The van der Waals surface area contributed by atoms with Crippen LogP contribution in [0.2, 0.25) is 5.15 Å². The van der Waals surface area contributed by atoms with E-state index in [1.165, 1.54) is 4.68 Å². The molecule has 0 fully saturated rings. The maximum Gasteiger partial charge on any atom is 0.329 e. The molecule has 2 aromatic rings. The molecule has 19 heavy (non-hydrogen) atoms. The van der Waals surface area contributed by atoms with Crippen LogP contribution in [0.25, 0.3) is 5.82 Å². The summed E-state index contributed by atoms with van der Waals surface area (Å²) in [4.78, 5) is 14.7. The first-order valence-corrected chi connectivity index (χ1v) is 6.27. The molecule has 0 saturated heterocycles. The van der Waals surface area contributed by atoms with E-state index in [1.807, 2.05) is 19.9 Å². The summed E-state index contributed by atoms with van der Waals surface area (Å²) in [6, 6.07) is 3.61. The quantitative estimate of drug-likeness (QED) is 0.637. The fourth-order valence-electron chi connectivity index (χ4n) is 1.81. The minimum atomic E-state index is -0.493. The van der Waals surface area contributed by atoms with Crippen LogP contribution in [0, 0.1) is 17.0 Å². The SMILES string of the molecule is CCCc1nn(-c2cc(C)ccn2)c(Cl)c1[N+](=O)[O-]. The molecule has 0 bridgehead atoms. The van der Waals surface area contributed by atoms with Crippen LogP contribution in [-0.2, 0) is 6.42 Å². The zero-order chi connectivity index (χ0) is 14.0. The number of halogens is 1. The molecule has 2 heterocycles. The first-order valence-electron chi connectivity index (χ1n) is 5.89. The Kier molecular flexibility index (Phi) is 3.80. The van der Waals surface area contributed by atoms with E-state index in [9.17, 15) is 10.1 Å². The van der Waals surface area contributed by atoms with Crippen LogP contribution in [0.5, 0.6) is 0 Å². The third-order valence-corrected chi connectivity index (χ3v) is 3.00. The third kappa shape index (κ3) is 2.58. The van der Waals surface area contributed by atoms with Gasteiger partial charge in [-0.25, -0.2) is 4.98 Å². The van der Waals surface area contributed by atoms with E-state index in [0.29, 0.717) is 17.9 Å². The lowest BCUT2D eigenvalue weighted by atomic mass is 10.2. The van der Waals surface area contributed by atoms with E-state index in [-0.39, 0.29) is 10.8 Å². The van der Waals surface area contributed by atoms with Gasteiger partial charge in [0.25, 0.3) is 0 Å². The van der Waals surface area contributed by atoms with E-state index in [2.05, 4.69) is 10.1 Å². The Bertz CT molecular complexity index is 624. The second-order valence-electron chi connectivity index (χ2n) is 4.20. The maximum absolute atomic E-state index is 11.1. The van der Waals surface area contributed by atoms with Crippen molar-refractivity contribution >= 4 is 17.3 Å². The van der Waals surface area contributed by atoms with Gasteiger partial charge in [0, 0.05) is 6.20 Å². The summed E-state index contributed by atoms with van der Waals surface area (Å²) in [6.45, 7) is 3.84. The zero-order valence-electron chi connectivity index (χ0n) is 10.6. The maximum atomic E-state index is 11.1. The van der Waals surface area contributed by atoms with Gasteiger partial charge in [-0.15, -0.1) is 0 Å². The van der Waals surface area contributed by atoms with E-state index < -0.39 is 4.92 Å². The minimum Gasteiger partial charge on any atom is -0.258 e. The third-order valence-electron chi connectivity index (χ3n) is 2.66. The van der Waals surface area contributed by atoms with Crippen LogP contribution in [0.15, 0.2) is 18.3 Å². The summed E-state index contributed by atoms with van der Waals surface area (Å²) in [7, 11) is 0. The minimum absolute atomic E-state index is 0.00782. The lowest BCUT2D eigenvalue weighted by Gasteiger charge is -2.01. The van der Waals surface area contributed by atoms with Crippen molar-refractivity contribution in [1.29, 1.82) is 0 Å². The highest BCUT2D eigenvalue weighted by Crippen LogP contribution is 2.30. The first-order chi connectivity index (χ1) is 9.04. The fraction of sp³-hybridized carbons (Fsp3) is 0.333. The molecule has 6 nitrogen and oxygen atoms in total. The summed E-state index contributed by atoms with van der Waals surface area (Å²) < 4.78 is 1.32. The average Bonchev–Trinajstić information content (AvgIpc) is 2.67. The Labute approximate surface area is 115 Å². The van der Waals surface area contributed by atoms with Crippen molar-refractivity contribution in [3.05, 3.63) is 44.9 Å². The summed E-state index contributed by atoms with van der Waals surface area (Å²) in [6.07, 6.45) is 2.89. The van der Waals surface area contributed by atoms with Crippen LogP contribution in [0.4, 0.5) is 5.69 Å². The second kappa shape index (κ2) is 5.36. The van der Waals surface area contributed by atoms with Crippen LogP contribution >= 0.6 is 11.6 Å². The topological polar surface area (TPSA) is 73.8 Å². The van der Waals surface area contributed by atoms with E-state index >= 15 is 0 Å². The summed E-state index contributed by atoms with van der Waals surface area (Å²) in [5.41, 5.74) is 1.24. The van der Waals surface area contributed by atoms with E-state index in [4.69, 9.17) is 11.6 Å². The molecular formula is C12H13ClN4O2. The molecular weight excluding hydrogens is 268 g/mol. The molecule has 0 aliphatic carbocycles. The van der Waals surface area contributed by atoms with Crippen LogP contribution in [-0.4, -0.2) is 19.7 Å². The number of pyridine rings is 1. The van der Waals surface area contributed by atoms with Crippen LogP contribution in [0.1, 0.15) is 24.6 Å². The molecule has 0 aliphatic rings. The number of nitro groups is 1. The Morgan fingerprint density at radius 2 is 2.26 bits per heavy atom. The smallest absolute Gasteiger partial charge is 0.258 e. The summed E-state index contributed by atoms with van der Waals surface area (Å²) >= 11 is 6.07. The van der Waals surface area contributed by atoms with Gasteiger partial charge in [-0.2, -0.15) is 9.78 Å². The number of aryl methyl sites for hydroxylation is 2. The van der Waals surface area contributed by atoms with Crippen LogP contribution in [0.3, 0.4) is 0 Å². The molecule has 100 valence electrons. The molecule has 2 aromatic heterocycles. The van der Waals surface area contributed by atoms with Crippen molar-refractivity contribution in [2.45, 2.75) is 26.7 Å². The summed E-state index contributed by atoms with van der Waals surface area (Å²) in [5, 5.41) is 15.3. The Hall–Kier alpha value is -1.95. The van der Waals surface area contributed by atoms with Crippen molar-refractivity contribution in [3.8, 4) is 5.82 Å². The molecule has 0 amide bonds. The van der Waals surface area contributed by atoms with Crippen molar-refractivity contribution < 1.29 is 4.92 Å². The lowest BCUT2D eigenvalue weighted by molar-refractivity contribution is -0.385. The number of nitrogens with zero attached hydrogens (tertiary/aromatic N) is 4. The molecule has 0 radical (unpaired) electrons. The molecule has 0 aromatic carbocycles. The van der Waals surface area contributed by atoms with Gasteiger partial charge in [0.2, 0.25) is 5.15 Å². The molecule has 0 aliphatic heterocycles. The highest BCUT2D eigenvalue weighted by molar-refractivity contribution is 6.32. The fourth-order valence-corrected chi connectivity index (χ4v) is 2.11. The predicted octanol–water partition coefficient (Wildman–Crippen LogP) is 3.09. The standard InChI is InChI=1S/C12H13ClN4O2/c1-3-4-9-11(17(18)19)12(13)16(15-9)10-7-8(2)5-6-14-10/h5-7H,3-4H2,1-2H3. The largest absolute Gasteiger partial charge is 0.329 e. The highest BCUT2D eigenvalue weighted by atomic mass is 35.5. The molecule has 0 spiro atoms. The Balaban J connectivity index is 2.59. The predicted molar refractivity (Wildman–Crippen MR) is 71.8 cm³/mol. The van der Waals surface area contributed by atoms with E-state index in [1.54, 1.807) is 12.3 Å². The molecule has 7 heteroatoms. The van der Waals surface area contributed by atoms with Gasteiger partial charge in [0.15, 0.2) is 5.82 Å². The van der Waals surface area contributed by atoms with Gasteiger partial charge in [-0.1, -0.05) is 24.9 Å². The summed E-state index contributed by atoms with van der Waals surface area (Å²) in [5.74, 6) is 0.482. The molecule has 2 rings (SSSR count). The Morgan fingerprint density at radius 1 is 1.53 bits per heavy atom. The molecule has 0 saturated carbocycles. The lowest BCUT2D eigenvalue weighted by Crippen LogP contribution is -2.00. The highest BCUT2D eigenvalue weighted by Gasteiger charge is 2.26. The second-order valence-corrected chi connectivity index (χ2v) is 4.55. The van der Waals surface area contributed by atoms with Crippen molar-refractivity contribution in [1.82, 2.24) is 14.8 Å². The van der Waals surface area contributed by atoms with Gasteiger partial charge in [-0.3, -0.25) is 10.1 Å². The van der Waals surface area contributed by atoms with Gasteiger partial charge < -0.3 is 0 Å². The van der Waals surface area contributed by atoms with Gasteiger partial charge >= 0.3 is 5.69 Å². The zero-order valence-corrected chi connectivity index (χ0v) is 11.4. The van der Waals surface area contributed by atoms with Crippen molar-refractivity contribution in [2.24, 2.45) is 0 Å². The molecule has 0 N–H and O–H groups in total. The molecule has 0 atom stereocenters. The van der Waals surface area contributed by atoms with Gasteiger partial charge in [-0.05, 0) is 31.0 Å². The number of aromatic nitrogens is 3. The van der Waals surface area contributed by atoms with Gasteiger partial charge in [0.05, 0.1) is 4.92 Å². The van der Waals surface area contributed by atoms with E-state index in [0.717, 1.165) is 12.0 Å². The number of hydrogen-bond donors (Lipinski definition) is 0. The monoisotopic (exact) mass is 280 g/mol. The van der Waals surface area contributed by atoms with Crippen molar-refractivity contribution in [2.75, 3.05) is 0 Å². The molecule has 0 unspecified atom stereocenters. The van der Waals surface area contributed by atoms with Gasteiger partial charge in [0.1, 0.15) is 5.69 Å². The first kappa shape index (κ1) is 13.5. The average molecular weight is 281 g/mol. The van der Waals surface area contributed by atoms with Crippen LogP contribution < -0.4 is 0 Å².